The van der Waals surface area contributed by atoms with Gasteiger partial charge in [-0.1, -0.05) is 53.5 Å². The van der Waals surface area contributed by atoms with Gasteiger partial charge in [-0.2, -0.15) is 9.97 Å². The number of benzene rings is 2. The summed E-state index contributed by atoms with van der Waals surface area (Å²) in [5.41, 5.74) is 4.59. The largest absolute Gasteiger partial charge is 0.508 e. The van der Waals surface area contributed by atoms with Crippen LogP contribution < -0.4 is 15.0 Å². The van der Waals surface area contributed by atoms with Crippen LogP contribution in [0.15, 0.2) is 30.5 Å². The molecule has 2 spiro atoms. The normalized spacial score (nSPS) is 26.4. The molecular formula is C46H58F2N6O4Si. The average molecular weight is 825 g/mol. The summed E-state index contributed by atoms with van der Waals surface area (Å²) in [6.07, 6.45) is 7.39. The number of halogens is 2. The predicted octanol–water partition coefficient (Wildman–Crippen LogP) is 8.13. The molecule has 5 aliphatic heterocycles. The molecule has 7 bridgehead atoms. The molecule has 0 amide bonds. The number of hydrogen-bond donors (Lipinski definition) is 2. The summed E-state index contributed by atoms with van der Waals surface area (Å²) in [4.78, 5) is 19.3. The minimum Gasteiger partial charge on any atom is -0.508 e. The Morgan fingerprint density at radius 2 is 1.80 bits per heavy atom. The fourth-order valence-electron chi connectivity index (χ4n) is 11.6. The lowest BCUT2D eigenvalue weighted by atomic mass is 9.94. The van der Waals surface area contributed by atoms with Gasteiger partial charge in [-0.05, 0) is 85.3 Å². The number of piperazine rings is 1. The second kappa shape index (κ2) is 15.5. The maximum absolute atomic E-state index is 17.6. The summed E-state index contributed by atoms with van der Waals surface area (Å²) < 4.78 is 53.1. The number of aromatic hydroxyl groups is 1. The predicted molar refractivity (Wildman–Crippen MR) is 230 cm³/mol. The molecule has 7 heterocycles. The molecule has 0 aliphatic carbocycles. The topological polar surface area (TPSA) is 105 Å². The third-order valence-corrected chi connectivity index (χ3v) is 20.6. The molecule has 2 aromatic heterocycles. The molecule has 4 saturated heterocycles. The quantitative estimate of drug-likeness (QED) is 0.155. The van der Waals surface area contributed by atoms with Crippen LogP contribution in [0.2, 0.25) is 16.6 Å². The van der Waals surface area contributed by atoms with E-state index in [2.05, 4.69) is 68.1 Å². The van der Waals surface area contributed by atoms with E-state index in [4.69, 9.17) is 29.2 Å². The van der Waals surface area contributed by atoms with E-state index in [0.29, 0.717) is 78.1 Å². The first-order chi connectivity index (χ1) is 28.3. The Hall–Kier alpha value is -3.93. The van der Waals surface area contributed by atoms with E-state index >= 15 is 8.78 Å². The Balaban J connectivity index is 1.20. The SMILES string of the molecule is CC(C)[Si](C#Cc1c(F)ccc2cc(O)cc(-c3ncc4c5nc(nc4c3F)OC[C@]34CCCN3C[C@@H](C4)OCCCOC[C@]34CC[C@H](CN5C3)N4)c12)(C(C)C)C(C)C. The Morgan fingerprint density at radius 1 is 0.983 bits per heavy atom. The van der Waals surface area contributed by atoms with Gasteiger partial charge in [0.25, 0.3) is 0 Å². The van der Waals surface area contributed by atoms with E-state index in [1.165, 1.54) is 12.1 Å². The third kappa shape index (κ3) is 7.06. The van der Waals surface area contributed by atoms with Crippen molar-refractivity contribution in [3.63, 3.8) is 0 Å². The first-order valence-electron chi connectivity index (χ1n) is 21.8. The van der Waals surface area contributed by atoms with E-state index in [0.717, 1.165) is 51.6 Å². The van der Waals surface area contributed by atoms with Crippen molar-refractivity contribution in [1.29, 1.82) is 0 Å². The molecular weight excluding hydrogens is 767 g/mol. The van der Waals surface area contributed by atoms with Crippen LogP contribution >= 0.6 is 0 Å². The highest BCUT2D eigenvalue weighted by molar-refractivity contribution is 6.90. The maximum Gasteiger partial charge on any atom is 0.319 e. The van der Waals surface area contributed by atoms with Crippen molar-refractivity contribution in [2.45, 2.75) is 120 Å². The molecule has 13 heteroatoms. The van der Waals surface area contributed by atoms with Gasteiger partial charge >= 0.3 is 6.01 Å². The molecule has 9 rings (SSSR count). The van der Waals surface area contributed by atoms with E-state index in [1.807, 2.05) is 0 Å². The molecule has 0 unspecified atom stereocenters. The molecule has 0 saturated carbocycles. The van der Waals surface area contributed by atoms with E-state index in [1.54, 1.807) is 18.3 Å². The molecule has 59 heavy (non-hydrogen) atoms. The summed E-state index contributed by atoms with van der Waals surface area (Å²) in [5.74, 6) is 2.59. The Labute approximate surface area is 347 Å². The van der Waals surface area contributed by atoms with Gasteiger partial charge in [-0.3, -0.25) is 9.88 Å². The zero-order valence-corrected chi connectivity index (χ0v) is 36.3. The second-order valence-corrected chi connectivity index (χ2v) is 24.5. The monoisotopic (exact) mass is 824 g/mol. The number of hydrogen-bond acceptors (Lipinski definition) is 10. The minimum absolute atomic E-state index is 0.0530. The van der Waals surface area contributed by atoms with Crippen LogP contribution in [0.1, 0.15) is 85.6 Å². The molecule has 2 N–H and O–H groups in total. The number of phenolic OH excluding ortho intramolecular Hbond substituents is 1. The van der Waals surface area contributed by atoms with Crippen molar-refractivity contribution in [2.24, 2.45) is 0 Å². The van der Waals surface area contributed by atoms with Gasteiger partial charge in [-0.25, -0.2) is 8.78 Å². The van der Waals surface area contributed by atoms with Crippen molar-refractivity contribution >= 4 is 35.6 Å². The van der Waals surface area contributed by atoms with Gasteiger partial charge in [0.15, 0.2) is 5.82 Å². The van der Waals surface area contributed by atoms with Crippen molar-refractivity contribution in [2.75, 3.05) is 57.5 Å². The van der Waals surface area contributed by atoms with Gasteiger partial charge in [0.2, 0.25) is 0 Å². The van der Waals surface area contributed by atoms with Crippen LogP contribution in [0.5, 0.6) is 11.8 Å². The summed E-state index contributed by atoms with van der Waals surface area (Å²) in [6, 6.07) is 6.31. The first-order valence-corrected chi connectivity index (χ1v) is 24.0. The molecule has 314 valence electrons. The van der Waals surface area contributed by atoms with Crippen LogP contribution in [-0.4, -0.2) is 109 Å². The lowest BCUT2D eigenvalue weighted by Crippen LogP contribution is -2.62. The number of ether oxygens (including phenoxy) is 3. The average Bonchev–Trinajstić information content (AvgIpc) is 3.84. The number of pyridine rings is 1. The fourth-order valence-corrected chi connectivity index (χ4v) is 16.8. The molecule has 4 atom stereocenters. The smallest absolute Gasteiger partial charge is 0.319 e. The van der Waals surface area contributed by atoms with Gasteiger partial charge < -0.3 is 29.5 Å². The Kier molecular flexibility index (Phi) is 10.6. The fraction of sp³-hybridized carbons (Fsp3) is 0.587. The number of aromatic nitrogens is 3. The van der Waals surface area contributed by atoms with E-state index in [9.17, 15) is 5.11 Å². The zero-order valence-electron chi connectivity index (χ0n) is 35.3. The highest BCUT2D eigenvalue weighted by Gasteiger charge is 2.50. The number of nitrogens with one attached hydrogen (secondary N) is 1. The zero-order chi connectivity index (χ0) is 41.3. The van der Waals surface area contributed by atoms with E-state index < -0.39 is 19.7 Å². The van der Waals surface area contributed by atoms with Crippen LogP contribution in [0, 0.1) is 23.1 Å². The van der Waals surface area contributed by atoms with Crippen LogP contribution in [0.25, 0.3) is 32.9 Å². The van der Waals surface area contributed by atoms with Crippen molar-refractivity contribution in [1.82, 2.24) is 25.2 Å². The van der Waals surface area contributed by atoms with Gasteiger partial charge in [-0.15, -0.1) is 5.54 Å². The van der Waals surface area contributed by atoms with Crippen molar-refractivity contribution in [3.05, 3.63) is 47.7 Å². The number of fused-ring (bicyclic) bond motifs is 9. The van der Waals surface area contributed by atoms with E-state index in [-0.39, 0.29) is 57.3 Å². The standard InChI is InChI=1S/C46H58F2N6O4Si/c1-28(2)59(29(3)4,30(5)6)18-12-35-38(47)10-9-31-19-33(55)20-36(39(31)35)41-40(48)42-37(22-49-41)43-51-44(50-42)58-27-46-13-7-15-54(46)24-34(21-46)57-17-8-16-56-26-45-14-11-32(52-45)23-53(43)25-45/h9-10,19-20,22,28-30,32,34,52,55H,7-8,11,13-17,21,23-27H2,1-6H3/t32-,34-,45+,46-/m1/s1. The highest BCUT2D eigenvalue weighted by atomic mass is 28.3. The summed E-state index contributed by atoms with van der Waals surface area (Å²) >= 11 is 0. The van der Waals surface area contributed by atoms with Crippen LogP contribution in [0.4, 0.5) is 14.6 Å². The van der Waals surface area contributed by atoms with Crippen molar-refractivity contribution < 1.29 is 28.1 Å². The summed E-state index contributed by atoms with van der Waals surface area (Å²) in [7, 11) is -2.28. The van der Waals surface area contributed by atoms with Gasteiger partial charge in [0, 0.05) is 56.0 Å². The molecule has 5 aliphatic rings. The lowest BCUT2D eigenvalue weighted by Gasteiger charge is -2.42. The number of anilines is 1. The number of phenols is 1. The summed E-state index contributed by atoms with van der Waals surface area (Å²) in [5, 5.41) is 16.3. The lowest BCUT2D eigenvalue weighted by molar-refractivity contribution is 0.0239. The molecule has 2 aromatic carbocycles. The molecule has 10 nitrogen and oxygen atoms in total. The number of nitrogens with zero attached hydrogens (tertiary/aromatic N) is 5. The molecule has 4 aromatic rings. The summed E-state index contributed by atoms with van der Waals surface area (Å²) in [6.45, 7) is 18.6. The Morgan fingerprint density at radius 3 is 2.59 bits per heavy atom. The molecule has 0 radical (unpaired) electrons. The maximum atomic E-state index is 17.6. The van der Waals surface area contributed by atoms with Crippen molar-refractivity contribution in [3.8, 4) is 34.5 Å². The van der Waals surface area contributed by atoms with Crippen LogP contribution in [0.3, 0.4) is 0 Å². The third-order valence-electron chi connectivity index (χ3n) is 14.3. The van der Waals surface area contributed by atoms with Gasteiger partial charge in [0.1, 0.15) is 43.3 Å². The molecule has 4 fully saturated rings. The minimum atomic E-state index is -2.28. The highest BCUT2D eigenvalue weighted by Crippen LogP contribution is 2.44. The number of rotatable bonds is 4. The Bertz CT molecular complexity index is 2310. The van der Waals surface area contributed by atoms with Gasteiger partial charge in [0.05, 0.1) is 34.7 Å². The van der Waals surface area contributed by atoms with Crippen LogP contribution in [-0.2, 0) is 9.47 Å². The second-order valence-electron chi connectivity index (χ2n) is 18.9. The first kappa shape index (κ1) is 40.5.